The average Bonchev–Trinajstić information content (AvgIpc) is 1.84. The molecule has 12 heavy (non-hydrogen) atoms. The SMILES string of the molecule is O=C(O)[C@H](O)[C@@H](O)C(=O)O.[Ag].[Ag]. The van der Waals surface area contributed by atoms with E-state index in [2.05, 4.69) is 0 Å². The zero-order valence-electron chi connectivity index (χ0n) is 5.36. The molecule has 4 N–H and O–H groups in total. The van der Waals surface area contributed by atoms with E-state index in [0.29, 0.717) is 0 Å². The fraction of sp³-hybridized carbons (Fsp3) is 0.500. The van der Waals surface area contributed by atoms with E-state index in [1.165, 1.54) is 0 Å². The van der Waals surface area contributed by atoms with E-state index in [1.807, 2.05) is 0 Å². The second-order valence-electron chi connectivity index (χ2n) is 1.57. The number of hydrogen-bond donors (Lipinski definition) is 4. The second-order valence-corrected chi connectivity index (χ2v) is 1.57. The van der Waals surface area contributed by atoms with Gasteiger partial charge in [-0.3, -0.25) is 0 Å². The van der Waals surface area contributed by atoms with Crippen LogP contribution in [0.3, 0.4) is 0 Å². The van der Waals surface area contributed by atoms with Gasteiger partial charge in [0.2, 0.25) is 0 Å². The molecule has 2 atom stereocenters. The summed E-state index contributed by atoms with van der Waals surface area (Å²) in [6.07, 6.45) is -4.53. The molecule has 0 aromatic rings. The van der Waals surface area contributed by atoms with Crippen LogP contribution in [0.25, 0.3) is 0 Å². The van der Waals surface area contributed by atoms with Gasteiger partial charge in [-0.25, -0.2) is 9.59 Å². The molecule has 0 heterocycles. The molecule has 0 aliphatic heterocycles. The van der Waals surface area contributed by atoms with E-state index in [9.17, 15) is 9.59 Å². The molecule has 2 radical (unpaired) electrons. The Balaban J connectivity index is -0.000000405. The van der Waals surface area contributed by atoms with E-state index in [4.69, 9.17) is 20.4 Å². The number of rotatable bonds is 3. The predicted molar refractivity (Wildman–Crippen MR) is 27.3 cm³/mol. The van der Waals surface area contributed by atoms with E-state index in [1.54, 1.807) is 0 Å². The van der Waals surface area contributed by atoms with Crippen molar-refractivity contribution >= 4 is 11.9 Å². The maximum atomic E-state index is 9.77. The molecule has 0 aromatic heterocycles. The monoisotopic (exact) mass is 364 g/mol. The molecular formula is C4H6Ag2O6. The summed E-state index contributed by atoms with van der Waals surface area (Å²) in [4.78, 5) is 19.5. The summed E-state index contributed by atoms with van der Waals surface area (Å²) in [6, 6.07) is 0. The Hall–Kier alpha value is 0.341. The summed E-state index contributed by atoms with van der Waals surface area (Å²) in [5.41, 5.74) is 0. The fourth-order valence-electron chi connectivity index (χ4n) is 0.270. The standard InChI is InChI=1S/C4H6O6.2Ag/c5-1(3(7)8)2(6)4(9)10;;/h1-2,5-6H,(H,7,8)(H,9,10);;/t1-,2-;;/m1../s1. The van der Waals surface area contributed by atoms with Gasteiger partial charge in [0.25, 0.3) is 0 Å². The first-order chi connectivity index (χ1) is 4.46. The van der Waals surface area contributed by atoms with Crippen LogP contribution in [0.15, 0.2) is 0 Å². The zero-order valence-corrected chi connectivity index (χ0v) is 8.33. The molecule has 0 spiro atoms. The Bertz CT molecular complexity index is 142. The largest absolute Gasteiger partial charge is 0.479 e. The number of aliphatic carboxylic acids is 2. The summed E-state index contributed by atoms with van der Waals surface area (Å²) < 4.78 is 0. The molecule has 0 amide bonds. The minimum atomic E-state index is -2.27. The molecule has 0 saturated carbocycles. The third kappa shape index (κ3) is 5.92. The Morgan fingerprint density at radius 2 is 1.00 bits per heavy atom. The number of aliphatic hydroxyl groups is 2. The molecule has 0 aliphatic carbocycles. The Morgan fingerprint density at radius 1 is 0.833 bits per heavy atom. The van der Waals surface area contributed by atoms with Crippen molar-refractivity contribution in [2.45, 2.75) is 12.2 Å². The summed E-state index contributed by atoms with van der Waals surface area (Å²) in [5.74, 6) is -3.54. The van der Waals surface area contributed by atoms with Crippen LogP contribution in [0, 0.1) is 0 Å². The molecule has 8 heteroatoms. The topological polar surface area (TPSA) is 115 Å². The smallest absolute Gasteiger partial charge is 0.335 e. The molecule has 0 saturated heterocycles. The van der Waals surface area contributed by atoms with Crippen LogP contribution < -0.4 is 0 Å². The number of carboxylic acids is 2. The van der Waals surface area contributed by atoms with Crippen molar-refractivity contribution in [3.05, 3.63) is 0 Å². The van der Waals surface area contributed by atoms with Gasteiger partial charge in [-0.15, -0.1) is 0 Å². The third-order valence-corrected chi connectivity index (χ3v) is 0.805. The van der Waals surface area contributed by atoms with Gasteiger partial charge in [0.1, 0.15) is 0 Å². The Kier molecular flexibility index (Phi) is 12.1. The minimum absolute atomic E-state index is 0. The van der Waals surface area contributed by atoms with E-state index >= 15 is 0 Å². The quantitative estimate of drug-likeness (QED) is 0.425. The van der Waals surface area contributed by atoms with Gasteiger partial charge < -0.3 is 20.4 Å². The molecule has 0 aliphatic rings. The number of carboxylic acid groups (broad SMARTS) is 2. The van der Waals surface area contributed by atoms with Gasteiger partial charge in [0.05, 0.1) is 0 Å². The summed E-state index contributed by atoms with van der Waals surface area (Å²) in [5, 5.41) is 32.5. The first-order valence-electron chi connectivity index (χ1n) is 2.28. The maximum absolute atomic E-state index is 9.77. The fourth-order valence-corrected chi connectivity index (χ4v) is 0.270. The Labute approximate surface area is 98.6 Å². The molecule has 6 nitrogen and oxygen atoms in total. The molecule has 0 aromatic carbocycles. The summed E-state index contributed by atoms with van der Waals surface area (Å²) in [6.45, 7) is 0. The third-order valence-electron chi connectivity index (χ3n) is 0.805. The Morgan fingerprint density at radius 3 is 1.08 bits per heavy atom. The molecular weight excluding hydrogens is 360 g/mol. The molecule has 0 fully saturated rings. The van der Waals surface area contributed by atoms with Crippen molar-refractivity contribution in [3.8, 4) is 0 Å². The first kappa shape index (κ1) is 18.2. The van der Waals surface area contributed by atoms with Gasteiger partial charge in [-0.05, 0) is 0 Å². The molecule has 80 valence electrons. The van der Waals surface area contributed by atoms with Gasteiger partial charge in [0.15, 0.2) is 12.2 Å². The molecule has 0 unspecified atom stereocenters. The van der Waals surface area contributed by atoms with Crippen molar-refractivity contribution in [2.24, 2.45) is 0 Å². The number of carbonyl (C=O) groups is 2. The van der Waals surface area contributed by atoms with E-state index < -0.39 is 24.1 Å². The van der Waals surface area contributed by atoms with Crippen molar-refractivity contribution in [2.75, 3.05) is 0 Å². The van der Waals surface area contributed by atoms with Gasteiger partial charge in [-0.2, -0.15) is 0 Å². The van der Waals surface area contributed by atoms with Crippen LogP contribution in [0.4, 0.5) is 0 Å². The van der Waals surface area contributed by atoms with E-state index in [-0.39, 0.29) is 44.8 Å². The van der Waals surface area contributed by atoms with Crippen molar-refractivity contribution < 1.29 is 74.8 Å². The summed E-state index contributed by atoms with van der Waals surface area (Å²) in [7, 11) is 0. The van der Waals surface area contributed by atoms with Crippen LogP contribution in [0.2, 0.25) is 0 Å². The zero-order chi connectivity index (χ0) is 8.31. The molecule has 0 rings (SSSR count). The van der Waals surface area contributed by atoms with Gasteiger partial charge >= 0.3 is 11.9 Å². The van der Waals surface area contributed by atoms with Crippen LogP contribution in [-0.2, 0) is 54.3 Å². The van der Waals surface area contributed by atoms with Crippen molar-refractivity contribution in [1.29, 1.82) is 0 Å². The normalized spacial score (nSPS) is 13.2. The molecule has 0 bridgehead atoms. The predicted octanol–water partition coefficient (Wildman–Crippen LogP) is -2.13. The van der Waals surface area contributed by atoms with Gasteiger partial charge in [0, 0.05) is 44.8 Å². The minimum Gasteiger partial charge on any atom is -0.479 e. The summed E-state index contributed by atoms with van der Waals surface area (Å²) >= 11 is 0. The number of aliphatic hydroxyl groups excluding tert-OH is 2. The van der Waals surface area contributed by atoms with Gasteiger partial charge in [-0.1, -0.05) is 0 Å². The second kappa shape index (κ2) is 7.96. The maximum Gasteiger partial charge on any atom is 0.335 e. The van der Waals surface area contributed by atoms with Crippen LogP contribution in [0.1, 0.15) is 0 Å². The van der Waals surface area contributed by atoms with Crippen molar-refractivity contribution in [1.82, 2.24) is 0 Å². The van der Waals surface area contributed by atoms with Crippen LogP contribution >= 0.6 is 0 Å². The first-order valence-corrected chi connectivity index (χ1v) is 2.28. The van der Waals surface area contributed by atoms with E-state index in [0.717, 1.165) is 0 Å². The van der Waals surface area contributed by atoms with Crippen LogP contribution in [-0.4, -0.2) is 44.6 Å². The number of hydrogen-bond acceptors (Lipinski definition) is 4. The van der Waals surface area contributed by atoms with Crippen molar-refractivity contribution in [3.63, 3.8) is 0 Å². The van der Waals surface area contributed by atoms with Crippen LogP contribution in [0.5, 0.6) is 0 Å². The average molecular weight is 366 g/mol.